The van der Waals surface area contributed by atoms with Crippen LogP contribution in [0.1, 0.15) is 25.0 Å². The smallest absolute Gasteiger partial charge is 0.0207 e. The summed E-state index contributed by atoms with van der Waals surface area (Å²) in [5.74, 6) is 0. The van der Waals surface area contributed by atoms with E-state index in [-0.39, 0.29) is 11.5 Å². The minimum atomic E-state index is -0.0451. The number of halogens is 1. The van der Waals surface area contributed by atoms with E-state index in [9.17, 15) is 0 Å². The summed E-state index contributed by atoms with van der Waals surface area (Å²) in [4.78, 5) is 0. The lowest BCUT2D eigenvalue weighted by molar-refractivity contribution is 0.406. The molecule has 0 aliphatic carbocycles. The first-order valence-electron chi connectivity index (χ1n) is 6.56. The average molecular weight is 318 g/mol. The van der Waals surface area contributed by atoms with Gasteiger partial charge in [0, 0.05) is 15.9 Å². The molecule has 0 heterocycles. The third-order valence-corrected chi connectivity index (χ3v) is 4.62. The maximum absolute atomic E-state index is 6.46. The summed E-state index contributed by atoms with van der Waals surface area (Å²) >= 11 is 3.59. The van der Waals surface area contributed by atoms with Crippen LogP contribution >= 0.6 is 15.9 Å². The molecule has 0 radical (unpaired) electrons. The summed E-state index contributed by atoms with van der Waals surface area (Å²) in [5.41, 5.74) is 8.97. The zero-order valence-corrected chi connectivity index (χ0v) is 13.0. The van der Waals surface area contributed by atoms with Gasteiger partial charge in [-0.15, -0.1) is 0 Å². The molecule has 2 aromatic carbocycles. The van der Waals surface area contributed by atoms with Crippen molar-refractivity contribution in [3.8, 4) is 0 Å². The molecule has 0 aliphatic heterocycles. The fraction of sp³-hybridized carbons (Fsp3) is 0.294. The maximum Gasteiger partial charge on any atom is 0.0207 e. The Kier molecular flexibility index (Phi) is 4.43. The van der Waals surface area contributed by atoms with Crippen molar-refractivity contribution in [3.63, 3.8) is 0 Å². The first kappa shape index (κ1) is 14.3. The zero-order chi connectivity index (χ0) is 13.9. The maximum atomic E-state index is 6.46. The van der Waals surface area contributed by atoms with Gasteiger partial charge in [0.25, 0.3) is 0 Å². The van der Waals surface area contributed by atoms with Crippen molar-refractivity contribution < 1.29 is 0 Å². The summed E-state index contributed by atoms with van der Waals surface area (Å²) in [5, 5.41) is 0. The molecule has 100 valence electrons. The lowest BCUT2D eigenvalue weighted by Gasteiger charge is -2.32. The van der Waals surface area contributed by atoms with Crippen molar-refractivity contribution in [2.75, 3.05) is 0 Å². The number of benzene rings is 2. The van der Waals surface area contributed by atoms with Crippen molar-refractivity contribution in [1.82, 2.24) is 0 Å². The molecule has 0 fully saturated rings. The minimum absolute atomic E-state index is 0.0451. The third kappa shape index (κ3) is 3.26. The minimum Gasteiger partial charge on any atom is -0.327 e. The molecule has 19 heavy (non-hydrogen) atoms. The summed E-state index contributed by atoms with van der Waals surface area (Å²) in [6.45, 7) is 4.42. The van der Waals surface area contributed by atoms with Gasteiger partial charge in [-0.1, -0.05) is 78.3 Å². The van der Waals surface area contributed by atoms with Gasteiger partial charge in [0.2, 0.25) is 0 Å². The number of hydrogen-bond donors (Lipinski definition) is 1. The quantitative estimate of drug-likeness (QED) is 0.894. The van der Waals surface area contributed by atoms with Gasteiger partial charge in [-0.25, -0.2) is 0 Å². The lowest BCUT2D eigenvalue weighted by Crippen LogP contribution is -2.42. The van der Waals surface area contributed by atoms with Crippen LogP contribution in [0.25, 0.3) is 0 Å². The van der Waals surface area contributed by atoms with Gasteiger partial charge >= 0.3 is 0 Å². The fourth-order valence-corrected chi connectivity index (χ4v) is 2.68. The van der Waals surface area contributed by atoms with Gasteiger partial charge in [0.1, 0.15) is 0 Å². The van der Waals surface area contributed by atoms with Crippen molar-refractivity contribution in [3.05, 3.63) is 70.2 Å². The van der Waals surface area contributed by atoms with Crippen LogP contribution in [0.3, 0.4) is 0 Å². The van der Waals surface area contributed by atoms with Gasteiger partial charge in [0.15, 0.2) is 0 Å². The normalized spacial score (nSPS) is 13.3. The second kappa shape index (κ2) is 5.89. The summed E-state index contributed by atoms with van der Waals surface area (Å²) in [6.07, 6.45) is 0.864. The molecule has 1 nitrogen and oxygen atoms in total. The molecule has 2 aromatic rings. The number of rotatable bonds is 4. The van der Waals surface area contributed by atoms with E-state index in [1.807, 2.05) is 12.1 Å². The molecule has 0 saturated heterocycles. The molecule has 0 spiro atoms. The molecule has 0 bridgehead atoms. The van der Waals surface area contributed by atoms with E-state index in [1.54, 1.807) is 0 Å². The summed E-state index contributed by atoms with van der Waals surface area (Å²) < 4.78 is 1.13. The highest BCUT2D eigenvalue weighted by Gasteiger charge is 2.28. The molecule has 0 aliphatic rings. The predicted octanol–water partition coefficient (Wildman–Crippen LogP) is 4.30. The molecule has 1 unspecified atom stereocenters. The Morgan fingerprint density at radius 3 is 2.21 bits per heavy atom. The van der Waals surface area contributed by atoms with Crippen LogP contribution in [-0.4, -0.2) is 6.04 Å². The lowest BCUT2D eigenvalue weighted by atomic mass is 9.76. The van der Waals surface area contributed by atoms with Gasteiger partial charge in [-0.3, -0.25) is 0 Å². The van der Waals surface area contributed by atoms with Gasteiger partial charge in [-0.05, 0) is 23.6 Å². The van der Waals surface area contributed by atoms with Crippen molar-refractivity contribution >= 4 is 15.9 Å². The van der Waals surface area contributed by atoms with Crippen LogP contribution in [0.4, 0.5) is 0 Å². The highest BCUT2D eigenvalue weighted by Crippen LogP contribution is 2.29. The molecule has 1 atom stereocenters. The van der Waals surface area contributed by atoms with E-state index >= 15 is 0 Å². The van der Waals surface area contributed by atoms with Gasteiger partial charge < -0.3 is 5.73 Å². The van der Waals surface area contributed by atoms with Gasteiger partial charge in [-0.2, -0.15) is 0 Å². The Bertz CT molecular complexity index is 534. The molecule has 0 amide bonds. The van der Waals surface area contributed by atoms with Crippen LogP contribution in [-0.2, 0) is 11.8 Å². The largest absolute Gasteiger partial charge is 0.327 e. The average Bonchev–Trinajstić information content (AvgIpc) is 2.42. The molecule has 2 N–H and O–H groups in total. The molecule has 0 saturated carbocycles. The number of nitrogens with two attached hydrogens (primary N) is 1. The second-order valence-electron chi connectivity index (χ2n) is 5.49. The van der Waals surface area contributed by atoms with Crippen molar-refractivity contribution in [2.45, 2.75) is 31.7 Å². The Morgan fingerprint density at radius 2 is 1.58 bits per heavy atom. The van der Waals surface area contributed by atoms with Crippen LogP contribution in [0.2, 0.25) is 0 Å². The van der Waals surface area contributed by atoms with Crippen LogP contribution in [0.15, 0.2) is 59.1 Å². The third-order valence-electron chi connectivity index (χ3n) is 3.84. The molecule has 0 aromatic heterocycles. The van der Waals surface area contributed by atoms with E-state index < -0.39 is 0 Å². The van der Waals surface area contributed by atoms with Crippen LogP contribution < -0.4 is 5.73 Å². The van der Waals surface area contributed by atoms with Gasteiger partial charge in [0.05, 0.1) is 0 Å². The predicted molar refractivity (Wildman–Crippen MR) is 85.3 cm³/mol. The van der Waals surface area contributed by atoms with Crippen LogP contribution in [0.5, 0.6) is 0 Å². The summed E-state index contributed by atoms with van der Waals surface area (Å²) in [6, 6.07) is 18.9. The molecule has 2 heteroatoms. The SMILES string of the molecule is CC(C)(c1ccccc1)C(N)Cc1ccccc1Br. The van der Waals surface area contributed by atoms with E-state index in [1.165, 1.54) is 11.1 Å². The molecular formula is C17H20BrN. The standard InChI is InChI=1S/C17H20BrN/c1-17(2,14-9-4-3-5-10-14)16(19)12-13-8-6-7-11-15(13)18/h3-11,16H,12,19H2,1-2H3. The first-order valence-corrected chi connectivity index (χ1v) is 7.35. The Hall–Kier alpha value is -1.12. The summed E-state index contributed by atoms with van der Waals surface area (Å²) in [7, 11) is 0. The van der Waals surface area contributed by atoms with Crippen molar-refractivity contribution in [1.29, 1.82) is 0 Å². The number of hydrogen-bond acceptors (Lipinski definition) is 1. The fourth-order valence-electron chi connectivity index (χ4n) is 2.24. The Labute approximate surface area is 124 Å². The Morgan fingerprint density at radius 1 is 1.00 bits per heavy atom. The highest BCUT2D eigenvalue weighted by atomic mass is 79.9. The monoisotopic (exact) mass is 317 g/mol. The second-order valence-corrected chi connectivity index (χ2v) is 6.34. The molecular weight excluding hydrogens is 298 g/mol. The highest BCUT2D eigenvalue weighted by molar-refractivity contribution is 9.10. The van der Waals surface area contributed by atoms with Crippen molar-refractivity contribution in [2.24, 2.45) is 5.73 Å². The van der Waals surface area contributed by atoms with E-state index in [0.717, 1.165) is 10.9 Å². The van der Waals surface area contributed by atoms with Crippen LogP contribution in [0, 0.1) is 0 Å². The topological polar surface area (TPSA) is 26.0 Å². The van der Waals surface area contributed by atoms with E-state index in [2.05, 4.69) is 72.2 Å². The molecule has 2 rings (SSSR count). The zero-order valence-electron chi connectivity index (χ0n) is 11.4. The van der Waals surface area contributed by atoms with E-state index in [4.69, 9.17) is 5.73 Å². The Balaban J connectivity index is 2.20. The van der Waals surface area contributed by atoms with E-state index in [0.29, 0.717) is 0 Å². The first-order chi connectivity index (χ1) is 9.01.